The van der Waals surface area contributed by atoms with Gasteiger partial charge in [0, 0.05) is 7.05 Å². The van der Waals surface area contributed by atoms with Crippen molar-refractivity contribution in [2.24, 2.45) is 11.8 Å². The van der Waals surface area contributed by atoms with Gasteiger partial charge in [0.1, 0.15) is 23.8 Å². The molecule has 0 bridgehead atoms. The fraction of sp³-hybridized carbons (Fsp3) is 0.368. The zero-order valence-corrected chi connectivity index (χ0v) is 32.6. The van der Waals surface area contributed by atoms with Gasteiger partial charge >= 0.3 is 35.5 Å². The molecule has 17 heteroatoms. The molecule has 0 radical (unpaired) electrons. The first-order chi connectivity index (χ1) is 25.7. The van der Waals surface area contributed by atoms with Crippen molar-refractivity contribution in [2.45, 2.75) is 51.0 Å². The summed E-state index contributed by atoms with van der Waals surface area (Å²) in [6.45, 7) is 6.56. The predicted molar refractivity (Wildman–Crippen MR) is 187 cm³/mol. The number of hydrogen-bond donors (Lipinski definition) is 3. The number of esters is 1. The zero-order valence-electron chi connectivity index (χ0n) is 30.6. The van der Waals surface area contributed by atoms with Crippen molar-refractivity contribution in [3.8, 4) is 11.5 Å². The molecule has 6 aliphatic rings. The number of nitrogens with zero attached hydrogens (tertiary/aromatic N) is 3. The number of aliphatic hydroxyl groups is 2. The third-order valence-electron chi connectivity index (χ3n) is 10.5. The van der Waals surface area contributed by atoms with Gasteiger partial charge in [0.2, 0.25) is 11.8 Å². The van der Waals surface area contributed by atoms with Gasteiger partial charge in [-0.2, -0.15) is 0 Å². The Morgan fingerprint density at radius 2 is 1.45 bits per heavy atom. The Balaban J connectivity index is 0.000000185. The molecule has 0 aliphatic carbocycles. The number of fused-ring (bicyclic) bond motifs is 4. The van der Waals surface area contributed by atoms with Gasteiger partial charge in [-0.15, -0.1) is 0 Å². The second-order valence-electron chi connectivity index (χ2n) is 13.8. The molecule has 3 N–H and O–H groups in total. The van der Waals surface area contributed by atoms with Gasteiger partial charge in [0.25, 0.3) is 11.8 Å². The Kier molecular flexibility index (Phi) is 11.0. The van der Waals surface area contributed by atoms with E-state index in [0.29, 0.717) is 58.0 Å². The summed E-state index contributed by atoms with van der Waals surface area (Å²) in [7, 11) is 1.66. The Morgan fingerprint density at radius 1 is 0.909 bits per heavy atom. The van der Waals surface area contributed by atoms with Gasteiger partial charge in [-0.3, -0.25) is 19.2 Å². The van der Waals surface area contributed by atoms with Crippen LogP contribution in [0.5, 0.6) is 11.5 Å². The van der Waals surface area contributed by atoms with Crippen LogP contribution in [0.1, 0.15) is 37.8 Å². The number of anilines is 2. The van der Waals surface area contributed by atoms with Crippen LogP contribution in [0.4, 0.5) is 11.4 Å². The van der Waals surface area contributed by atoms with Gasteiger partial charge < -0.3 is 54.3 Å². The number of amides is 4. The van der Waals surface area contributed by atoms with Gasteiger partial charge in [0.15, 0.2) is 13.2 Å². The number of carboxylic acid groups (broad SMARTS) is 1. The maximum absolute atomic E-state index is 12.7. The molecule has 8 rings (SSSR count). The summed E-state index contributed by atoms with van der Waals surface area (Å²) in [5.41, 5.74) is 3.42. The van der Waals surface area contributed by atoms with Gasteiger partial charge in [-0.1, -0.05) is 24.8 Å². The van der Waals surface area contributed by atoms with Crippen molar-refractivity contribution in [3.05, 3.63) is 71.6 Å². The van der Waals surface area contributed by atoms with E-state index in [1.807, 2.05) is 0 Å². The molecule has 2 fully saturated rings. The number of carbonyl (C=O) groups is 6. The van der Waals surface area contributed by atoms with Crippen molar-refractivity contribution >= 4 is 58.1 Å². The summed E-state index contributed by atoms with van der Waals surface area (Å²) in [5.74, 6) is -3.32. The van der Waals surface area contributed by atoms with Crippen LogP contribution in [-0.2, 0) is 33.5 Å². The van der Waals surface area contributed by atoms with Crippen LogP contribution in [0.25, 0.3) is 11.1 Å². The number of benzene rings is 2. The van der Waals surface area contributed by atoms with Crippen LogP contribution < -0.4 is 54.4 Å². The van der Waals surface area contributed by atoms with Crippen LogP contribution in [0.2, 0.25) is 0 Å². The van der Waals surface area contributed by atoms with E-state index >= 15 is 0 Å². The molecule has 6 heterocycles. The molecule has 0 aromatic heterocycles. The molecule has 2 aromatic rings. The number of carboxylic acids is 1. The molecular weight excluding hydrogens is 727 g/mol. The molecule has 0 unspecified atom stereocenters. The third kappa shape index (κ3) is 6.71. The maximum Gasteiger partial charge on any atom is 1.00 e. The average Bonchev–Trinajstić information content (AvgIpc) is 3.65. The van der Waals surface area contributed by atoms with E-state index in [9.17, 15) is 44.1 Å². The number of hydrogen-bond acceptors (Lipinski definition) is 12. The molecule has 55 heavy (non-hydrogen) atoms. The smallest absolute Gasteiger partial charge is 0.543 e. The maximum atomic E-state index is 12.7. The molecule has 2 saturated heterocycles. The normalized spacial score (nSPS) is 24.2. The van der Waals surface area contributed by atoms with E-state index in [0.717, 1.165) is 0 Å². The van der Waals surface area contributed by atoms with Crippen molar-refractivity contribution in [1.29, 1.82) is 0 Å². The molecular formula is C38H37N4NaO12. The summed E-state index contributed by atoms with van der Waals surface area (Å²) in [5, 5.41) is 34.0. The van der Waals surface area contributed by atoms with Crippen molar-refractivity contribution in [2.75, 3.05) is 37.1 Å². The van der Waals surface area contributed by atoms with E-state index in [1.165, 1.54) is 27.7 Å². The Morgan fingerprint density at radius 3 is 2.04 bits per heavy atom. The van der Waals surface area contributed by atoms with Crippen LogP contribution in [-0.4, -0.2) is 107 Å². The summed E-state index contributed by atoms with van der Waals surface area (Å²) >= 11 is 0. The molecule has 282 valence electrons. The summed E-state index contributed by atoms with van der Waals surface area (Å²) in [4.78, 5) is 76.7. The van der Waals surface area contributed by atoms with Gasteiger partial charge in [0.05, 0.1) is 59.2 Å². The molecule has 2 aromatic carbocycles. The minimum absolute atomic E-state index is 0. The summed E-state index contributed by atoms with van der Waals surface area (Å²) < 4.78 is 16.0. The SMILES string of the molecule is C=CCOC(=O)C1=C(c2ccc3c(c2)N(C)C(=O)CO3)C[C@@H]2[C@@H]([C@@H](C)O)C(=O)N12.C[C@@H](O)[C@H]1C(=O)N2C(C(=O)[O-])=C(c3ccc4c(c3)NC(=O)CO4)C[C@H]12.[Na+]. The standard InChI is InChI=1S/C21H22N2O6.C17H16N2O6.Na/c1-4-7-28-21(27)19-13(9-15-18(11(2)24)20(26)23(15)19)12-5-6-16-14(8-12)22(3)17(25)10-29-16;1-7(20)14-11-5-9(15(17(23)24)19(11)16(14)22)8-2-3-12-10(4-8)18-13(21)6-25-12;/h4-6,8,11,15,18,24H,1,7,9-10H2,2-3H3;2-4,7,11,14,20H,5-6H2,1H3,(H,18,21)(H,23,24);/q;;+1/p-1/t11-,15-,18-;7-,11-,14-;/m11./s1. The second kappa shape index (κ2) is 15.3. The summed E-state index contributed by atoms with van der Waals surface area (Å²) in [6, 6.07) is 9.58. The Labute approximate surface area is 337 Å². The van der Waals surface area contributed by atoms with Crippen LogP contribution in [0.3, 0.4) is 0 Å². The number of aliphatic hydroxyl groups excluding tert-OH is 2. The Hall–Kier alpha value is -5.00. The van der Waals surface area contributed by atoms with E-state index in [1.54, 1.807) is 50.4 Å². The third-order valence-corrected chi connectivity index (χ3v) is 10.5. The fourth-order valence-electron chi connectivity index (χ4n) is 7.97. The zero-order chi connectivity index (χ0) is 38.7. The van der Waals surface area contributed by atoms with E-state index < -0.39 is 47.9 Å². The first kappa shape index (κ1) is 39.7. The first-order valence-electron chi connectivity index (χ1n) is 17.3. The first-order valence-corrected chi connectivity index (χ1v) is 17.3. The number of ether oxygens (including phenoxy) is 3. The number of aliphatic carboxylic acids is 1. The van der Waals surface area contributed by atoms with Crippen LogP contribution in [0.15, 0.2) is 60.4 Å². The van der Waals surface area contributed by atoms with Crippen molar-refractivity contribution < 1.29 is 87.9 Å². The second-order valence-corrected chi connectivity index (χ2v) is 13.8. The number of rotatable bonds is 8. The van der Waals surface area contributed by atoms with Gasteiger partial charge in [-0.25, -0.2) is 4.79 Å². The van der Waals surface area contributed by atoms with E-state index in [-0.39, 0.29) is 84.5 Å². The number of carbonyl (C=O) groups excluding carboxylic acids is 6. The van der Waals surface area contributed by atoms with Crippen molar-refractivity contribution in [1.82, 2.24) is 9.80 Å². The Bertz CT molecular complexity index is 2090. The molecule has 0 spiro atoms. The monoisotopic (exact) mass is 764 g/mol. The molecule has 4 amide bonds. The van der Waals surface area contributed by atoms with Crippen LogP contribution >= 0.6 is 0 Å². The molecule has 6 atom stereocenters. The quantitative estimate of drug-likeness (QED) is 0.108. The molecule has 16 nitrogen and oxygen atoms in total. The number of nitrogens with one attached hydrogen (secondary N) is 1. The number of likely N-dealkylation sites (N-methyl/N-ethyl adjacent to an activating group) is 1. The predicted octanol–water partition coefficient (Wildman–Crippen LogP) is -2.81. The van der Waals surface area contributed by atoms with Crippen LogP contribution in [0, 0.1) is 11.8 Å². The molecule has 6 aliphatic heterocycles. The fourth-order valence-corrected chi connectivity index (χ4v) is 7.97. The van der Waals surface area contributed by atoms with E-state index in [2.05, 4.69) is 11.9 Å². The minimum Gasteiger partial charge on any atom is -0.543 e. The largest absolute Gasteiger partial charge is 1.00 e. The summed E-state index contributed by atoms with van der Waals surface area (Å²) in [6.07, 6.45) is 0.509. The molecule has 0 saturated carbocycles. The van der Waals surface area contributed by atoms with E-state index in [4.69, 9.17) is 14.2 Å². The minimum atomic E-state index is -1.44. The average molecular weight is 765 g/mol. The number of β-lactam (4-membered cyclic amide) rings is 2. The van der Waals surface area contributed by atoms with Gasteiger partial charge in [-0.05, 0) is 73.2 Å². The van der Waals surface area contributed by atoms with Crippen molar-refractivity contribution in [3.63, 3.8) is 0 Å². The topological polar surface area (TPSA) is 215 Å².